The van der Waals surface area contributed by atoms with E-state index in [1.165, 1.54) is 0 Å². The third-order valence-corrected chi connectivity index (χ3v) is 2.49. The maximum absolute atomic E-state index is 4.45. The summed E-state index contributed by atoms with van der Waals surface area (Å²) < 4.78 is 0. The summed E-state index contributed by atoms with van der Waals surface area (Å²) in [5.41, 5.74) is 0.955. The van der Waals surface area contributed by atoms with E-state index in [1.807, 2.05) is 31.0 Å². The van der Waals surface area contributed by atoms with E-state index in [0.29, 0.717) is 11.8 Å². The molecule has 0 amide bonds. The van der Waals surface area contributed by atoms with Crippen molar-refractivity contribution in [3.8, 4) is 11.4 Å². The van der Waals surface area contributed by atoms with E-state index in [9.17, 15) is 0 Å². The van der Waals surface area contributed by atoms with Crippen LogP contribution in [0.5, 0.6) is 0 Å². The maximum Gasteiger partial charge on any atom is 0.228 e. The molecule has 0 fully saturated rings. The molecule has 0 aliphatic carbocycles. The van der Waals surface area contributed by atoms with Crippen LogP contribution in [0.1, 0.15) is 12.7 Å². The Morgan fingerprint density at radius 1 is 1.12 bits per heavy atom. The summed E-state index contributed by atoms with van der Waals surface area (Å²) in [5.74, 6) is 2.11. The van der Waals surface area contributed by atoms with E-state index in [-0.39, 0.29) is 0 Å². The Morgan fingerprint density at radius 2 is 1.82 bits per heavy atom. The molecule has 0 atom stereocenters. The number of pyridine rings is 1. The number of hydrogen-bond donors (Lipinski definition) is 0. The fourth-order valence-electron chi connectivity index (χ4n) is 1.41. The summed E-state index contributed by atoms with van der Waals surface area (Å²) in [7, 11) is 1.96. The topological polar surface area (TPSA) is 54.8 Å². The van der Waals surface area contributed by atoms with Crippen molar-refractivity contribution >= 4 is 5.95 Å². The van der Waals surface area contributed by atoms with E-state index in [2.05, 4.69) is 26.9 Å². The molecule has 2 rings (SSSR count). The lowest BCUT2D eigenvalue weighted by atomic mass is 10.2. The average Bonchev–Trinajstić information content (AvgIpc) is 2.38. The van der Waals surface area contributed by atoms with E-state index in [4.69, 9.17) is 0 Å². The van der Waals surface area contributed by atoms with Crippen LogP contribution in [0.15, 0.2) is 24.5 Å². The van der Waals surface area contributed by atoms with Gasteiger partial charge >= 0.3 is 0 Å². The van der Waals surface area contributed by atoms with Gasteiger partial charge in [-0.15, -0.1) is 0 Å². The van der Waals surface area contributed by atoms with E-state index < -0.39 is 0 Å². The Kier molecular flexibility index (Phi) is 3.27. The highest BCUT2D eigenvalue weighted by Crippen LogP contribution is 2.16. The highest BCUT2D eigenvalue weighted by molar-refractivity contribution is 5.55. The summed E-state index contributed by atoms with van der Waals surface area (Å²) in [5, 5.41) is 0. The number of aromatic nitrogens is 4. The van der Waals surface area contributed by atoms with Crippen LogP contribution in [-0.4, -0.2) is 33.5 Å². The molecular weight excluding hydrogens is 214 g/mol. The third kappa shape index (κ3) is 2.55. The predicted octanol–water partition coefficient (Wildman–Crippen LogP) is 1.70. The van der Waals surface area contributed by atoms with Gasteiger partial charge in [0, 0.05) is 31.5 Å². The zero-order chi connectivity index (χ0) is 12.3. The first-order chi connectivity index (χ1) is 8.20. The molecule has 0 saturated carbocycles. The number of rotatable bonds is 3. The Morgan fingerprint density at radius 3 is 2.47 bits per heavy atom. The largest absolute Gasteiger partial charge is 0.344 e. The lowest BCUT2D eigenvalue weighted by Gasteiger charge is -2.15. The smallest absolute Gasteiger partial charge is 0.228 e. The minimum atomic E-state index is 0.690. The Labute approximate surface area is 101 Å². The van der Waals surface area contributed by atoms with Crippen molar-refractivity contribution < 1.29 is 0 Å². The zero-order valence-electron chi connectivity index (χ0n) is 10.3. The standard InChI is InChI=1S/C12H15N5/c1-4-17(3)12-15-9(2)14-11(16-12)10-5-7-13-8-6-10/h5-8H,4H2,1-3H3. The van der Waals surface area contributed by atoms with Crippen LogP contribution in [-0.2, 0) is 0 Å². The molecule has 0 bridgehead atoms. The van der Waals surface area contributed by atoms with Crippen molar-refractivity contribution in [1.82, 2.24) is 19.9 Å². The lowest BCUT2D eigenvalue weighted by molar-refractivity contribution is 0.867. The van der Waals surface area contributed by atoms with Gasteiger partial charge in [-0.2, -0.15) is 9.97 Å². The number of anilines is 1. The van der Waals surface area contributed by atoms with Gasteiger partial charge in [0.05, 0.1) is 0 Å². The van der Waals surface area contributed by atoms with Gasteiger partial charge < -0.3 is 4.90 Å². The second-order valence-electron chi connectivity index (χ2n) is 3.76. The molecule has 0 unspecified atom stereocenters. The molecule has 0 N–H and O–H groups in total. The molecule has 5 heteroatoms. The van der Waals surface area contributed by atoms with Crippen molar-refractivity contribution in [3.63, 3.8) is 0 Å². The van der Waals surface area contributed by atoms with Crippen LogP contribution in [0.2, 0.25) is 0 Å². The molecule has 0 aromatic carbocycles. The van der Waals surface area contributed by atoms with Crippen molar-refractivity contribution in [3.05, 3.63) is 30.4 Å². The normalized spacial score (nSPS) is 10.3. The highest BCUT2D eigenvalue weighted by atomic mass is 15.3. The first-order valence-corrected chi connectivity index (χ1v) is 5.55. The maximum atomic E-state index is 4.45. The van der Waals surface area contributed by atoms with Crippen LogP contribution in [0.4, 0.5) is 5.95 Å². The molecule has 17 heavy (non-hydrogen) atoms. The van der Waals surface area contributed by atoms with Crippen LogP contribution in [0.25, 0.3) is 11.4 Å². The van der Waals surface area contributed by atoms with Crippen molar-refractivity contribution in [2.45, 2.75) is 13.8 Å². The fraction of sp³-hybridized carbons (Fsp3) is 0.333. The number of aryl methyl sites for hydroxylation is 1. The Bertz CT molecular complexity index is 498. The van der Waals surface area contributed by atoms with Gasteiger partial charge in [0.25, 0.3) is 0 Å². The summed E-state index contributed by atoms with van der Waals surface area (Å²) in [6.07, 6.45) is 3.47. The van der Waals surface area contributed by atoms with Gasteiger partial charge in [0.1, 0.15) is 5.82 Å². The van der Waals surface area contributed by atoms with Gasteiger partial charge in [-0.3, -0.25) is 4.98 Å². The van der Waals surface area contributed by atoms with E-state index in [0.717, 1.165) is 17.9 Å². The molecule has 0 saturated heterocycles. The van der Waals surface area contributed by atoms with Gasteiger partial charge in [-0.05, 0) is 26.0 Å². The molecule has 0 aliphatic rings. The second-order valence-corrected chi connectivity index (χ2v) is 3.76. The van der Waals surface area contributed by atoms with E-state index >= 15 is 0 Å². The molecular formula is C12H15N5. The van der Waals surface area contributed by atoms with Crippen LogP contribution in [0, 0.1) is 6.92 Å². The SMILES string of the molecule is CCN(C)c1nc(C)nc(-c2ccncc2)n1. The molecule has 2 heterocycles. The summed E-state index contributed by atoms with van der Waals surface area (Å²) in [6.45, 7) is 4.80. The summed E-state index contributed by atoms with van der Waals surface area (Å²) in [6, 6.07) is 3.79. The molecule has 2 aromatic heterocycles. The Hall–Kier alpha value is -2.04. The fourth-order valence-corrected chi connectivity index (χ4v) is 1.41. The average molecular weight is 229 g/mol. The van der Waals surface area contributed by atoms with Gasteiger partial charge in [0.2, 0.25) is 5.95 Å². The zero-order valence-corrected chi connectivity index (χ0v) is 10.3. The lowest BCUT2D eigenvalue weighted by Crippen LogP contribution is -2.19. The third-order valence-electron chi connectivity index (χ3n) is 2.49. The van der Waals surface area contributed by atoms with Crippen LogP contribution in [0.3, 0.4) is 0 Å². The van der Waals surface area contributed by atoms with Gasteiger partial charge in [-0.1, -0.05) is 0 Å². The second kappa shape index (κ2) is 4.86. The summed E-state index contributed by atoms with van der Waals surface area (Å²) in [4.78, 5) is 19.1. The predicted molar refractivity (Wildman–Crippen MR) is 66.7 cm³/mol. The monoisotopic (exact) mass is 229 g/mol. The van der Waals surface area contributed by atoms with Crippen LogP contribution >= 0.6 is 0 Å². The highest BCUT2D eigenvalue weighted by Gasteiger charge is 2.08. The van der Waals surface area contributed by atoms with Crippen molar-refractivity contribution in [2.75, 3.05) is 18.5 Å². The molecule has 0 aliphatic heterocycles. The molecule has 5 nitrogen and oxygen atoms in total. The minimum absolute atomic E-state index is 0.690. The number of hydrogen-bond acceptors (Lipinski definition) is 5. The quantitative estimate of drug-likeness (QED) is 0.801. The van der Waals surface area contributed by atoms with Gasteiger partial charge in [-0.25, -0.2) is 4.98 Å². The molecule has 0 radical (unpaired) electrons. The van der Waals surface area contributed by atoms with E-state index in [1.54, 1.807) is 12.4 Å². The minimum Gasteiger partial charge on any atom is -0.344 e. The molecule has 88 valence electrons. The van der Waals surface area contributed by atoms with Gasteiger partial charge in [0.15, 0.2) is 5.82 Å². The first kappa shape index (κ1) is 11.4. The molecule has 2 aromatic rings. The molecule has 0 spiro atoms. The summed E-state index contributed by atoms with van der Waals surface area (Å²) >= 11 is 0. The Balaban J connectivity index is 2.45. The first-order valence-electron chi connectivity index (χ1n) is 5.55. The number of nitrogens with zero attached hydrogens (tertiary/aromatic N) is 5. The van der Waals surface area contributed by atoms with Crippen LogP contribution < -0.4 is 4.90 Å². The van der Waals surface area contributed by atoms with Crippen molar-refractivity contribution in [2.24, 2.45) is 0 Å². The van der Waals surface area contributed by atoms with Crippen molar-refractivity contribution in [1.29, 1.82) is 0 Å².